The van der Waals surface area contributed by atoms with Crippen molar-refractivity contribution in [3.8, 4) is 0 Å². The topological polar surface area (TPSA) is 43.7 Å². The van der Waals surface area contributed by atoms with E-state index in [0.29, 0.717) is 6.54 Å². The highest BCUT2D eigenvalue weighted by Gasteiger charge is 2.25. The Hall–Kier alpha value is -1.04. The van der Waals surface area contributed by atoms with Gasteiger partial charge < -0.3 is 15.1 Å². The monoisotopic (exact) mass is 257 g/mol. The van der Waals surface area contributed by atoms with E-state index >= 15 is 0 Å². The Balaban J connectivity index is 1.99. The molecule has 0 aliphatic carbocycles. The predicted octanol–water partition coefficient (Wildman–Crippen LogP) is 1.31. The van der Waals surface area contributed by atoms with Gasteiger partial charge in [-0.15, -0.1) is 0 Å². The van der Waals surface area contributed by atoms with E-state index in [-0.39, 0.29) is 24.6 Å². The van der Waals surface area contributed by atoms with Crippen molar-refractivity contribution in [3.05, 3.63) is 35.4 Å². The quantitative estimate of drug-likeness (QED) is 0.855. The van der Waals surface area contributed by atoms with Crippen molar-refractivity contribution in [2.45, 2.75) is 12.5 Å². The zero-order chi connectivity index (χ0) is 13.1. The molecule has 0 bridgehead atoms. The van der Waals surface area contributed by atoms with Gasteiger partial charge in [-0.2, -0.15) is 0 Å². The fourth-order valence-corrected chi connectivity index (χ4v) is 2.34. The van der Waals surface area contributed by atoms with Crippen LogP contribution in [0.2, 0.25) is 0 Å². The van der Waals surface area contributed by atoms with E-state index in [9.17, 15) is 13.9 Å². The van der Waals surface area contributed by atoms with Crippen LogP contribution in [-0.2, 0) is 0 Å². The van der Waals surface area contributed by atoms with E-state index in [4.69, 9.17) is 5.11 Å². The van der Waals surface area contributed by atoms with Gasteiger partial charge in [0.1, 0.15) is 11.6 Å². The molecule has 2 rings (SSSR count). The predicted molar refractivity (Wildman–Crippen MR) is 63.0 cm³/mol. The van der Waals surface area contributed by atoms with Gasteiger partial charge in [0, 0.05) is 25.3 Å². The maximum atomic E-state index is 13.5. The van der Waals surface area contributed by atoms with Crippen LogP contribution in [0.4, 0.5) is 8.78 Å². The summed E-state index contributed by atoms with van der Waals surface area (Å²) in [5.41, 5.74) is -0.0116. The van der Waals surface area contributed by atoms with E-state index in [1.54, 1.807) is 0 Å². The molecule has 0 radical (unpaired) electrons. The number of aliphatic hydroxyl groups is 2. The number of aliphatic hydroxyl groups excluding tert-OH is 2. The smallest absolute Gasteiger partial charge is 0.129 e. The summed E-state index contributed by atoms with van der Waals surface area (Å²) in [6.07, 6.45) is -0.173. The van der Waals surface area contributed by atoms with E-state index in [1.807, 2.05) is 4.90 Å². The molecular weight excluding hydrogens is 240 g/mol. The Kier molecular flexibility index (Phi) is 4.27. The molecule has 5 heteroatoms. The van der Waals surface area contributed by atoms with Crippen LogP contribution in [0.1, 0.15) is 18.1 Å². The number of rotatable bonds is 4. The number of nitrogens with zero attached hydrogens (tertiary/aromatic N) is 1. The Morgan fingerprint density at radius 1 is 1.39 bits per heavy atom. The first-order chi connectivity index (χ1) is 8.60. The van der Waals surface area contributed by atoms with Crippen LogP contribution in [0.5, 0.6) is 0 Å². The molecule has 2 atom stereocenters. The molecule has 1 heterocycles. The molecule has 2 unspecified atom stereocenters. The minimum absolute atomic E-state index is 0.0116. The lowest BCUT2D eigenvalue weighted by molar-refractivity contribution is 0.117. The summed E-state index contributed by atoms with van der Waals surface area (Å²) >= 11 is 0. The van der Waals surface area contributed by atoms with Gasteiger partial charge in [0.05, 0.1) is 6.10 Å². The average Bonchev–Trinajstić information content (AvgIpc) is 2.80. The molecule has 18 heavy (non-hydrogen) atoms. The molecule has 0 spiro atoms. The lowest BCUT2D eigenvalue weighted by atomic mass is 10.1. The molecule has 1 saturated heterocycles. The molecule has 1 aromatic carbocycles. The largest absolute Gasteiger partial charge is 0.396 e. The summed E-state index contributed by atoms with van der Waals surface area (Å²) in [4.78, 5) is 1.95. The second-order valence-electron chi connectivity index (χ2n) is 4.78. The molecule has 1 fully saturated rings. The van der Waals surface area contributed by atoms with Gasteiger partial charge in [-0.05, 0) is 37.1 Å². The maximum absolute atomic E-state index is 13.5. The van der Waals surface area contributed by atoms with E-state index < -0.39 is 17.7 Å². The van der Waals surface area contributed by atoms with Gasteiger partial charge >= 0.3 is 0 Å². The fraction of sp³-hybridized carbons (Fsp3) is 0.538. The van der Waals surface area contributed by atoms with E-state index in [2.05, 4.69) is 0 Å². The lowest BCUT2D eigenvalue weighted by Gasteiger charge is -2.20. The van der Waals surface area contributed by atoms with Crippen LogP contribution in [-0.4, -0.2) is 41.4 Å². The van der Waals surface area contributed by atoms with Crippen molar-refractivity contribution in [2.24, 2.45) is 5.92 Å². The average molecular weight is 257 g/mol. The Bertz CT molecular complexity index is 414. The zero-order valence-electron chi connectivity index (χ0n) is 10.0. The molecule has 2 N–H and O–H groups in total. The van der Waals surface area contributed by atoms with Gasteiger partial charge in [0.25, 0.3) is 0 Å². The molecule has 100 valence electrons. The van der Waals surface area contributed by atoms with Crippen molar-refractivity contribution in [2.75, 3.05) is 26.2 Å². The molecule has 1 aliphatic rings. The zero-order valence-corrected chi connectivity index (χ0v) is 10.0. The third kappa shape index (κ3) is 3.04. The molecular formula is C13H17F2NO2. The van der Waals surface area contributed by atoms with Crippen LogP contribution < -0.4 is 0 Å². The normalized spacial score (nSPS) is 22.3. The van der Waals surface area contributed by atoms with Gasteiger partial charge in [-0.1, -0.05) is 0 Å². The van der Waals surface area contributed by atoms with Gasteiger partial charge in [-0.25, -0.2) is 8.78 Å². The summed E-state index contributed by atoms with van der Waals surface area (Å²) in [5.74, 6) is -0.934. The Morgan fingerprint density at radius 3 is 2.83 bits per heavy atom. The van der Waals surface area contributed by atoms with Gasteiger partial charge in [0.15, 0.2) is 0 Å². The first-order valence-electron chi connectivity index (χ1n) is 6.06. The maximum Gasteiger partial charge on any atom is 0.129 e. The third-order valence-corrected chi connectivity index (χ3v) is 3.38. The first kappa shape index (κ1) is 13.4. The van der Waals surface area contributed by atoms with E-state index in [0.717, 1.165) is 31.2 Å². The van der Waals surface area contributed by atoms with Crippen LogP contribution >= 0.6 is 0 Å². The lowest BCUT2D eigenvalue weighted by Crippen LogP contribution is -2.27. The van der Waals surface area contributed by atoms with Crippen LogP contribution in [0.3, 0.4) is 0 Å². The molecule has 1 aromatic rings. The highest BCUT2D eigenvalue weighted by Crippen LogP contribution is 2.22. The van der Waals surface area contributed by atoms with Crippen molar-refractivity contribution < 1.29 is 19.0 Å². The first-order valence-corrected chi connectivity index (χ1v) is 6.06. The Labute approximate surface area is 105 Å². The minimum atomic E-state index is -1.04. The van der Waals surface area contributed by atoms with Gasteiger partial charge in [0.2, 0.25) is 0 Å². The molecule has 0 aromatic heterocycles. The highest BCUT2D eigenvalue weighted by atomic mass is 19.1. The van der Waals surface area contributed by atoms with Crippen molar-refractivity contribution in [1.82, 2.24) is 4.90 Å². The number of hydrogen-bond acceptors (Lipinski definition) is 3. The van der Waals surface area contributed by atoms with Crippen molar-refractivity contribution in [1.29, 1.82) is 0 Å². The number of likely N-dealkylation sites (tertiary alicyclic amines) is 1. The van der Waals surface area contributed by atoms with Crippen LogP contribution in [0, 0.1) is 17.6 Å². The SMILES string of the molecule is OCC1CCN(CC(O)c2cc(F)ccc2F)C1. The van der Waals surface area contributed by atoms with Crippen molar-refractivity contribution in [3.63, 3.8) is 0 Å². The van der Waals surface area contributed by atoms with E-state index in [1.165, 1.54) is 0 Å². The standard InChI is InChI=1S/C13H17F2NO2/c14-10-1-2-12(15)11(5-10)13(18)7-16-4-3-9(6-16)8-17/h1-2,5,9,13,17-18H,3-4,6-8H2. The summed E-state index contributed by atoms with van der Waals surface area (Å²) in [6, 6.07) is 3.08. The van der Waals surface area contributed by atoms with Crippen LogP contribution in [0.25, 0.3) is 0 Å². The van der Waals surface area contributed by atoms with Crippen molar-refractivity contribution >= 4 is 0 Å². The minimum Gasteiger partial charge on any atom is -0.396 e. The number of hydrogen-bond donors (Lipinski definition) is 2. The Morgan fingerprint density at radius 2 is 2.17 bits per heavy atom. The third-order valence-electron chi connectivity index (χ3n) is 3.38. The number of benzene rings is 1. The fourth-order valence-electron chi connectivity index (χ4n) is 2.34. The van der Waals surface area contributed by atoms with Gasteiger partial charge in [-0.3, -0.25) is 0 Å². The summed E-state index contributed by atoms with van der Waals surface area (Å²) in [7, 11) is 0. The number of halogens is 2. The van der Waals surface area contributed by atoms with Crippen LogP contribution in [0.15, 0.2) is 18.2 Å². The second-order valence-corrected chi connectivity index (χ2v) is 4.78. The molecule has 0 amide bonds. The number of β-amino-alcohol motifs (C(OH)–C–C–N with tert-alkyl or cyclic N) is 1. The summed E-state index contributed by atoms with van der Waals surface area (Å²) in [5, 5.41) is 19.0. The summed E-state index contributed by atoms with van der Waals surface area (Å²) < 4.78 is 26.5. The second kappa shape index (κ2) is 5.73. The highest BCUT2D eigenvalue weighted by molar-refractivity contribution is 5.21. The molecule has 3 nitrogen and oxygen atoms in total. The molecule has 1 aliphatic heterocycles. The molecule has 0 saturated carbocycles. The summed E-state index contributed by atoms with van der Waals surface area (Å²) in [6.45, 7) is 1.83.